The Morgan fingerprint density at radius 2 is 2.18 bits per heavy atom. The summed E-state index contributed by atoms with van der Waals surface area (Å²) >= 11 is 0. The van der Waals surface area contributed by atoms with Crippen LogP contribution in [0.4, 0.5) is 5.69 Å². The second-order valence-corrected chi connectivity index (χ2v) is 5.28. The van der Waals surface area contributed by atoms with Gasteiger partial charge in [-0.2, -0.15) is 0 Å². The fraction of sp³-hybridized carbons (Fsp3) is 0.100. The summed E-state index contributed by atoms with van der Waals surface area (Å²) in [5.41, 5.74) is 6.87. The van der Waals surface area contributed by atoms with Gasteiger partial charge in [-0.05, 0) is 25.2 Å². The molecule has 0 amide bonds. The Morgan fingerprint density at radius 1 is 1.41 bits per heavy atom. The van der Waals surface area contributed by atoms with Crippen molar-refractivity contribution >= 4 is 15.7 Å². The van der Waals surface area contributed by atoms with E-state index in [0.29, 0.717) is 11.4 Å². The van der Waals surface area contributed by atoms with Crippen molar-refractivity contribution in [2.24, 2.45) is 0 Å². The van der Waals surface area contributed by atoms with Crippen molar-refractivity contribution in [1.82, 2.24) is 14.3 Å². The molecule has 0 radical (unpaired) electrons. The molecule has 0 spiro atoms. The Kier molecular flexibility index (Phi) is 2.86. The number of imidazole rings is 1. The maximum Gasteiger partial charge on any atom is 0.240 e. The Labute approximate surface area is 99.1 Å². The van der Waals surface area contributed by atoms with Gasteiger partial charge in [0, 0.05) is 12.4 Å². The van der Waals surface area contributed by atoms with E-state index >= 15 is 0 Å². The maximum absolute atomic E-state index is 11.7. The van der Waals surface area contributed by atoms with Crippen molar-refractivity contribution < 1.29 is 8.42 Å². The van der Waals surface area contributed by atoms with Crippen LogP contribution in [0.15, 0.2) is 41.8 Å². The van der Waals surface area contributed by atoms with Crippen molar-refractivity contribution in [3.05, 3.63) is 36.9 Å². The first-order valence-corrected chi connectivity index (χ1v) is 6.34. The van der Waals surface area contributed by atoms with Crippen LogP contribution in [0.25, 0.3) is 5.69 Å². The van der Waals surface area contributed by atoms with Crippen LogP contribution < -0.4 is 10.5 Å². The zero-order chi connectivity index (χ0) is 12.5. The van der Waals surface area contributed by atoms with Gasteiger partial charge in [0.1, 0.15) is 0 Å². The summed E-state index contributed by atoms with van der Waals surface area (Å²) in [4.78, 5) is 4.06. The van der Waals surface area contributed by atoms with E-state index in [4.69, 9.17) is 5.73 Å². The summed E-state index contributed by atoms with van der Waals surface area (Å²) < 4.78 is 27.2. The molecule has 0 bridgehead atoms. The van der Waals surface area contributed by atoms with Gasteiger partial charge in [0.25, 0.3) is 0 Å². The number of nitrogens with zero attached hydrogens (tertiary/aromatic N) is 2. The molecular formula is C10H12N4O2S. The summed E-state index contributed by atoms with van der Waals surface area (Å²) in [6, 6.07) is 4.52. The standard InChI is InChI=1S/C10H12N4O2S/c1-12-17(15,16)8-2-3-9(11)10(6-8)14-5-4-13-7-14/h2-7,12H,11H2,1H3. The molecule has 1 aromatic carbocycles. The number of nitrogens with one attached hydrogen (secondary N) is 1. The predicted octanol–water partition coefficient (Wildman–Crippen LogP) is 0.363. The molecule has 0 aliphatic heterocycles. The number of aromatic nitrogens is 2. The van der Waals surface area contributed by atoms with E-state index < -0.39 is 10.0 Å². The van der Waals surface area contributed by atoms with E-state index in [9.17, 15) is 8.42 Å². The lowest BCUT2D eigenvalue weighted by atomic mass is 10.2. The van der Waals surface area contributed by atoms with Crippen molar-refractivity contribution in [2.75, 3.05) is 12.8 Å². The molecule has 3 N–H and O–H groups in total. The number of nitrogens with two attached hydrogens (primary N) is 1. The molecule has 1 aromatic heterocycles. The number of benzene rings is 1. The van der Waals surface area contributed by atoms with Crippen LogP contribution in [-0.2, 0) is 10.0 Å². The van der Waals surface area contributed by atoms with Crippen LogP contribution >= 0.6 is 0 Å². The van der Waals surface area contributed by atoms with E-state index in [0.717, 1.165) is 0 Å². The number of sulfonamides is 1. The summed E-state index contributed by atoms with van der Waals surface area (Å²) in [5.74, 6) is 0. The van der Waals surface area contributed by atoms with E-state index in [1.807, 2.05) is 0 Å². The molecular weight excluding hydrogens is 240 g/mol. The molecule has 1 heterocycles. The third-order valence-electron chi connectivity index (χ3n) is 2.36. The maximum atomic E-state index is 11.7. The highest BCUT2D eigenvalue weighted by atomic mass is 32.2. The van der Waals surface area contributed by atoms with Gasteiger partial charge in [0.2, 0.25) is 10.0 Å². The second kappa shape index (κ2) is 4.19. The Morgan fingerprint density at radius 3 is 2.76 bits per heavy atom. The fourth-order valence-corrected chi connectivity index (χ4v) is 2.18. The third kappa shape index (κ3) is 2.15. The zero-order valence-corrected chi connectivity index (χ0v) is 9.98. The molecule has 0 aliphatic carbocycles. The molecule has 90 valence electrons. The minimum absolute atomic E-state index is 0.165. The highest BCUT2D eigenvalue weighted by molar-refractivity contribution is 7.89. The van der Waals surface area contributed by atoms with E-state index in [1.165, 1.54) is 19.2 Å². The molecule has 2 rings (SSSR count). The van der Waals surface area contributed by atoms with Gasteiger partial charge in [0.05, 0.1) is 22.6 Å². The monoisotopic (exact) mass is 252 g/mol. The summed E-state index contributed by atoms with van der Waals surface area (Å²) in [6.45, 7) is 0. The van der Waals surface area contributed by atoms with Crippen molar-refractivity contribution in [3.63, 3.8) is 0 Å². The lowest BCUT2D eigenvalue weighted by Crippen LogP contribution is -2.18. The highest BCUT2D eigenvalue weighted by Crippen LogP contribution is 2.21. The number of nitrogen functional groups attached to an aromatic ring is 1. The molecule has 0 fully saturated rings. The second-order valence-electron chi connectivity index (χ2n) is 3.40. The predicted molar refractivity (Wildman–Crippen MR) is 64.2 cm³/mol. The minimum atomic E-state index is -3.47. The SMILES string of the molecule is CNS(=O)(=O)c1ccc(N)c(-n2ccnc2)c1. The Bertz CT molecular complexity index is 620. The molecule has 0 saturated carbocycles. The van der Waals surface area contributed by atoms with Gasteiger partial charge in [-0.25, -0.2) is 18.1 Å². The fourth-order valence-electron chi connectivity index (χ4n) is 1.43. The first-order valence-electron chi connectivity index (χ1n) is 4.86. The molecule has 7 heteroatoms. The van der Waals surface area contributed by atoms with E-state index in [1.54, 1.807) is 29.4 Å². The van der Waals surface area contributed by atoms with Crippen LogP contribution in [-0.4, -0.2) is 25.0 Å². The molecule has 6 nitrogen and oxygen atoms in total. The Balaban J connectivity index is 2.59. The smallest absolute Gasteiger partial charge is 0.240 e. The molecule has 0 saturated heterocycles. The van der Waals surface area contributed by atoms with Gasteiger partial charge in [-0.1, -0.05) is 0 Å². The van der Waals surface area contributed by atoms with Crippen LogP contribution in [0.1, 0.15) is 0 Å². The van der Waals surface area contributed by atoms with Gasteiger partial charge in [-0.15, -0.1) is 0 Å². The molecule has 0 unspecified atom stereocenters. The van der Waals surface area contributed by atoms with E-state index in [2.05, 4.69) is 9.71 Å². The average molecular weight is 252 g/mol. The van der Waals surface area contributed by atoms with Crippen LogP contribution in [0.3, 0.4) is 0 Å². The zero-order valence-electron chi connectivity index (χ0n) is 9.16. The minimum Gasteiger partial charge on any atom is -0.397 e. The average Bonchev–Trinajstić information content (AvgIpc) is 2.83. The lowest BCUT2D eigenvalue weighted by Gasteiger charge is -2.09. The third-order valence-corrected chi connectivity index (χ3v) is 3.78. The molecule has 0 atom stereocenters. The van der Waals surface area contributed by atoms with Gasteiger partial charge in [0.15, 0.2) is 0 Å². The van der Waals surface area contributed by atoms with Crippen LogP contribution in [0.5, 0.6) is 0 Å². The highest BCUT2D eigenvalue weighted by Gasteiger charge is 2.13. The quantitative estimate of drug-likeness (QED) is 0.772. The number of hydrogen-bond acceptors (Lipinski definition) is 4. The number of anilines is 1. The largest absolute Gasteiger partial charge is 0.397 e. The molecule has 17 heavy (non-hydrogen) atoms. The van der Waals surface area contributed by atoms with Gasteiger partial charge in [-0.3, -0.25) is 0 Å². The van der Waals surface area contributed by atoms with Crippen molar-refractivity contribution in [3.8, 4) is 5.69 Å². The van der Waals surface area contributed by atoms with Crippen LogP contribution in [0.2, 0.25) is 0 Å². The number of hydrogen-bond donors (Lipinski definition) is 2. The van der Waals surface area contributed by atoms with Crippen LogP contribution in [0, 0.1) is 0 Å². The molecule has 2 aromatic rings. The van der Waals surface area contributed by atoms with E-state index in [-0.39, 0.29) is 4.90 Å². The van der Waals surface area contributed by atoms with Crippen molar-refractivity contribution in [2.45, 2.75) is 4.90 Å². The first kappa shape index (κ1) is 11.6. The normalized spacial score (nSPS) is 11.6. The topological polar surface area (TPSA) is 90.0 Å². The van der Waals surface area contributed by atoms with Crippen molar-refractivity contribution in [1.29, 1.82) is 0 Å². The summed E-state index contributed by atoms with van der Waals surface area (Å²) in [5, 5.41) is 0. The first-order chi connectivity index (χ1) is 8.04. The van der Waals surface area contributed by atoms with Gasteiger partial charge >= 0.3 is 0 Å². The summed E-state index contributed by atoms with van der Waals surface area (Å²) in [7, 11) is -2.10. The Hall–Kier alpha value is -1.86. The summed E-state index contributed by atoms with van der Waals surface area (Å²) in [6.07, 6.45) is 4.85. The number of rotatable bonds is 3. The van der Waals surface area contributed by atoms with Gasteiger partial charge < -0.3 is 10.3 Å². The lowest BCUT2D eigenvalue weighted by molar-refractivity contribution is 0.588. The molecule has 0 aliphatic rings.